The number of piperidine rings is 1. The minimum absolute atomic E-state index is 0.0826. The van der Waals surface area contributed by atoms with Gasteiger partial charge in [0.2, 0.25) is 0 Å². The minimum Gasteiger partial charge on any atom is -0.484 e. The summed E-state index contributed by atoms with van der Waals surface area (Å²) in [4.78, 5) is 16.9. The molecule has 1 N–H and O–H groups in total. The van der Waals surface area contributed by atoms with Gasteiger partial charge >= 0.3 is 0 Å². The highest BCUT2D eigenvalue weighted by Crippen LogP contribution is 2.20. The normalized spacial score (nSPS) is 27.2. The number of ether oxygens (including phenoxy) is 2. The predicted molar refractivity (Wildman–Crippen MR) is 104 cm³/mol. The van der Waals surface area contributed by atoms with Crippen molar-refractivity contribution in [1.82, 2.24) is 15.1 Å². The lowest BCUT2D eigenvalue weighted by Crippen LogP contribution is -2.49. The summed E-state index contributed by atoms with van der Waals surface area (Å²) >= 11 is 0. The molecule has 0 bridgehead atoms. The fourth-order valence-electron chi connectivity index (χ4n) is 4.45. The number of nitrogens with one attached hydrogen (secondary N) is 1. The van der Waals surface area contributed by atoms with Crippen LogP contribution in [0.3, 0.4) is 0 Å². The first-order valence-corrected chi connectivity index (χ1v) is 10.3. The summed E-state index contributed by atoms with van der Waals surface area (Å²) in [6.07, 6.45) is 4.60. The monoisotopic (exact) mass is 373 g/mol. The summed E-state index contributed by atoms with van der Waals surface area (Å²) in [5.41, 5.74) is 0. The lowest BCUT2D eigenvalue weighted by molar-refractivity contribution is -0.132. The number of benzene rings is 1. The second kappa shape index (κ2) is 9.04. The fraction of sp³-hybridized carbons (Fsp3) is 0.667. The average molecular weight is 373 g/mol. The van der Waals surface area contributed by atoms with E-state index in [9.17, 15) is 4.79 Å². The van der Waals surface area contributed by atoms with Gasteiger partial charge in [-0.2, -0.15) is 0 Å². The third-order valence-electron chi connectivity index (χ3n) is 6.07. The van der Waals surface area contributed by atoms with Crippen molar-refractivity contribution in [2.75, 3.05) is 46.0 Å². The van der Waals surface area contributed by atoms with Crippen LogP contribution in [0.5, 0.6) is 5.75 Å². The summed E-state index contributed by atoms with van der Waals surface area (Å²) in [6, 6.07) is 11.2. The highest BCUT2D eigenvalue weighted by atomic mass is 16.5. The fourth-order valence-corrected chi connectivity index (χ4v) is 4.45. The van der Waals surface area contributed by atoms with Gasteiger partial charge in [0, 0.05) is 50.9 Å². The van der Waals surface area contributed by atoms with Crippen LogP contribution in [0.4, 0.5) is 0 Å². The summed E-state index contributed by atoms with van der Waals surface area (Å²) in [7, 11) is 0. The third kappa shape index (κ3) is 5.00. The van der Waals surface area contributed by atoms with E-state index in [0.29, 0.717) is 18.1 Å². The van der Waals surface area contributed by atoms with Crippen LogP contribution in [-0.4, -0.2) is 79.8 Å². The standard InChI is InChI=1S/C21H31N3O3/c25-21(16-27-20-4-2-1-3-5-20)24-12-8-18(14-24)22-17-6-10-23(11-7-17)19-9-13-26-15-19/h1-5,17-19,22H,6-16H2. The van der Waals surface area contributed by atoms with Gasteiger partial charge < -0.3 is 19.7 Å². The van der Waals surface area contributed by atoms with Gasteiger partial charge in [0.1, 0.15) is 5.75 Å². The molecule has 148 valence electrons. The maximum absolute atomic E-state index is 12.4. The van der Waals surface area contributed by atoms with Crippen LogP contribution in [0.15, 0.2) is 30.3 Å². The van der Waals surface area contributed by atoms with Gasteiger partial charge in [-0.05, 0) is 37.8 Å². The number of hydrogen-bond donors (Lipinski definition) is 1. The maximum Gasteiger partial charge on any atom is 0.260 e. The molecule has 0 spiro atoms. The molecular formula is C21H31N3O3. The van der Waals surface area contributed by atoms with Gasteiger partial charge in [-0.1, -0.05) is 18.2 Å². The molecule has 2 atom stereocenters. The quantitative estimate of drug-likeness (QED) is 0.819. The van der Waals surface area contributed by atoms with Gasteiger partial charge in [0.15, 0.2) is 6.61 Å². The topological polar surface area (TPSA) is 54.0 Å². The van der Waals surface area contributed by atoms with Crippen molar-refractivity contribution in [1.29, 1.82) is 0 Å². The number of para-hydroxylation sites is 1. The van der Waals surface area contributed by atoms with Crippen LogP contribution >= 0.6 is 0 Å². The van der Waals surface area contributed by atoms with Crippen molar-refractivity contribution in [3.05, 3.63) is 30.3 Å². The molecule has 6 nitrogen and oxygen atoms in total. The Kier molecular flexibility index (Phi) is 6.27. The molecule has 0 radical (unpaired) electrons. The molecule has 1 aromatic carbocycles. The number of carbonyl (C=O) groups excluding carboxylic acids is 1. The van der Waals surface area contributed by atoms with E-state index in [4.69, 9.17) is 9.47 Å². The molecule has 4 rings (SSSR count). The lowest BCUT2D eigenvalue weighted by atomic mass is 10.0. The van der Waals surface area contributed by atoms with E-state index < -0.39 is 0 Å². The molecule has 27 heavy (non-hydrogen) atoms. The van der Waals surface area contributed by atoms with E-state index in [0.717, 1.165) is 51.6 Å². The zero-order valence-corrected chi connectivity index (χ0v) is 16.0. The van der Waals surface area contributed by atoms with Gasteiger partial charge in [0.05, 0.1) is 6.61 Å². The largest absolute Gasteiger partial charge is 0.484 e. The summed E-state index contributed by atoms with van der Waals surface area (Å²) < 4.78 is 11.1. The molecule has 0 aliphatic carbocycles. The van der Waals surface area contributed by atoms with E-state index in [1.165, 1.54) is 19.3 Å². The second-order valence-corrected chi connectivity index (χ2v) is 7.92. The highest BCUT2D eigenvalue weighted by Gasteiger charge is 2.31. The molecule has 1 amide bonds. The van der Waals surface area contributed by atoms with Crippen molar-refractivity contribution in [2.45, 2.75) is 43.8 Å². The van der Waals surface area contributed by atoms with E-state index in [-0.39, 0.29) is 12.5 Å². The Morgan fingerprint density at radius 1 is 1.07 bits per heavy atom. The SMILES string of the molecule is O=C(COc1ccccc1)N1CCC(NC2CCN(C3CCOC3)CC2)C1. The van der Waals surface area contributed by atoms with E-state index in [1.807, 2.05) is 35.2 Å². The number of hydrogen-bond acceptors (Lipinski definition) is 5. The summed E-state index contributed by atoms with van der Waals surface area (Å²) in [6.45, 7) is 5.89. The first-order valence-electron chi connectivity index (χ1n) is 10.3. The van der Waals surface area contributed by atoms with Crippen molar-refractivity contribution in [3.8, 4) is 5.75 Å². The van der Waals surface area contributed by atoms with Crippen LogP contribution in [-0.2, 0) is 9.53 Å². The molecule has 3 saturated heterocycles. The van der Waals surface area contributed by atoms with Crippen molar-refractivity contribution < 1.29 is 14.3 Å². The first kappa shape index (κ1) is 18.7. The highest BCUT2D eigenvalue weighted by molar-refractivity contribution is 5.78. The van der Waals surface area contributed by atoms with Crippen LogP contribution in [0, 0.1) is 0 Å². The van der Waals surface area contributed by atoms with Crippen molar-refractivity contribution in [3.63, 3.8) is 0 Å². The van der Waals surface area contributed by atoms with Gasteiger partial charge in [0.25, 0.3) is 5.91 Å². The van der Waals surface area contributed by atoms with Crippen LogP contribution in [0.1, 0.15) is 25.7 Å². The molecule has 2 unspecified atom stereocenters. The molecule has 3 aliphatic heterocycles. The smallest absolute Gasteiger partial charge is 0.260 e. The Labute approximate surface area is 161 Å². The molecule has 1 aromatic rings. The van der Waals surface area contributed by atoms with Crippen LogP contribution in [0.25, 0.3) is 0 Å². The number of likely N-dealkylation sites (tertiary alicyclic amines) is 2. The Balaban J connectivity index is 1.16. The van der Waals surface area contributed by atoms with E-state index >= 15 is 0 Å². The average Bonchev–Trinajstić information content (AvgIpc) is 3.40. The Hall–Kier alpha value is -1.63. The van der Waals surface area contributed by atoms with Crippen molar-refractivity contribution >= 4 is 5.91 Å². The number of amides is 1. The van der Waals surface area contributed by atoms with E-state index in [1.54, 1.807) is 0 Å². The number of nitrogens with zero attached hydrogens (tertiary/aromatic N) is 2. The van der Waals surface area contributed by atoms with Crippen molar-refractivity contribution in [2.24, 2.45) is 0 Å². The second-order valence-electron chi connectivity index (χ2n) is 7.92. The third-order valence-corrected chi connectivity index (χ3v) is 6.07. The molecule has 3 fully saturated rings. The minimum atomic E-state index is 0.0826. The van der Waals surface area contributed by atoms with Gasteiger partial charge in [-0.15, -0.1) is 0 Å². The van der Waals surface area contributed by atoms with Gasteiger partial charge in [-0.25, -0.2) is 0 Å². The summed E-state index contributed by atoms with van der Waals surface area (Å²) in [5.74, 6) is 0.832. The molecule has 3 aliphatic rings. The molecular weight excluding hydrogens is 342 g/mol. The lowest BCUT2D eigenvalue weighted by Gasteiger charge is -2.36. The zero-order chi connectivity index (χ0) is 18.5. The molecule has 3 heterocycles. The molecule has 0 aromatic heterocycles. The Morgan fingerprint density at radius 3 is 2.59 bits per heavy atom. The number of rotatable bonds is 6. The maximum atomic E-state index is 12.4. The van der Waals surface area contributed by atoms with Gasteiger partial charge in [-0.3, -0.25) is 9.69 Å². The first-order chi connectivity index (χ1) is 13.3. The molecule has 0 saturated carbocycles. The Morgan fingerprint density at radius 2 is 1.85 bits per heavy atom. The number of carbonyl (C=O) groups is 1. The Bertz CT molecular complexity index is 598. The molecule has 6 heteroatoms. The van der Waals surface area contributed by atoms with Crippen LogP contribution in [0.2, 0.25) is 0 Å². The van der Waals surface area contributed by atoms with Crippen LogP contribution < -0.4 is 10.1 Å². The zero-order valence-electron chi connectivity index (χ0n) is 16.0. The summed E-state index contributed by atoms with van der Waals surface area (Å²) in [5, 5.41) is 3.79. The van der Waals surface area contributed by atoms with E-state index in [2.05, 4.69) is 10.2 Å². The predicted octanol–water partition coefficient (Wildman–Crippen LogP) is 1.51.